The minimum Gasteiger partial charge on any atom is -0.309 e. The van der Waals surface area contributed by atoms with Gasteiger partial charge in [-0.1, -0.05) is 13.8 Å². The number of nitrogens with zero attached hydrogens (tertiary/aromatic N) is 1. The van der Waals surface area contributed by atoms with Crippen LogP contribution in [0.4, 0.5) is 0 Å². The highest BCUT2D eigenvalue weighted by Crippen LogP contribution is 2.20. The first-order chi connectivity index (χ1) is 7.64. The zero-order chi connectivity index (χ0) is 13.4. The largest absolute Gasteiger partial charge is 0.309 e. The van der Waals surface area contributed by atoms with Gasteiger partial charge >= 0.3 is 0 Å². The van der Waals surface area contributed by atoms with Gasteiger partial charge < -0.3 is 4.98 Å². The summed E-state index contributed by atoms with van der Waals surface area (Å²) >= 11 is 1.93. The molecule has 7 heteroatoms. The number of H-pyrrole nitrogens is 1. The first-order valence-electron chi connectivity index (χ1n) is 5.13. The average Bonchev–Trinajstić information content (AvgIpc) is 2.19. The summed E-state index contributed by atoms with van der Waals surface area (Å²) in [5.41, 5.74) is 0.356. The van der Waals surface area contributed by atoms with Gasteiger partial charge in [0.25, 0.3) is 5.56 Å². The Bertz CT molecular complexity index is 578. The fourth-order valence-electron chi connectivity index (χ4n) is 1.27. The number of hydrogen-bond acceptors (Lipinski definition) is 4. The average molecular weight is 370 g/mol. The zero-order valence-corrected chi connectivity index (χ0v) is 13.1. The molecule has 1 N–H and O–H groups in total. The summed E-state index contributed by atoms with van der Waals surface area (Å²) < 4.78 is 23.4. The van der Waals surface area contributed by atoms with Crippen molar-refractivity contribution in [1.29, 1.82) is 0 Å². The second-order valence-corrected chi connectivity index (χ2v) is 7.72. The fraction of sp³-hybridized carbons (Fsp3) is 0.600. The van der Waals surface area contributed by atoms with Crippen molar-refractivity contribution < 1.29 is 8.42 Å². The highest BCUT2D eigenvalue weighted by atomic mass is 127. The van der Waals surface area contributed by atoms with E-state index in [1.165, 1.54) is 6.92 Å². The van der Waals surface area contributed by atoms with Gasteiger partial charge in [0.1, 0.15) is 11.1 Å². The number of rotatable bonds is 3. The highest BCUT2D eigenvalue weighted by Gasteiger charge is 2.22. The molecule has 0 fully saturated rings. The molecule has 1 heterocycles. The van der Waals surface area contributed by atoms with Gasteiger partial charge in [-0.3, -0.25) is 4.79 Å². The third-order valence-corrected chi connectivity index (χ3v) is 5.03. The number of hydrogen-bond donors (Lipinski definition) is 1. The Hall–Kier alpha value is -0.440. The maximum absolute atomic E-state index is 11.7. The fourth-order valence-corrected chi connectivity index (χ4v) is 2.67. The van der Waals surface area contributed by atoms with E-state index in [1.54, 1.807) is 0 Å². The summed E-state index contributed by atoms with van der Waals surface area (Å²) in [7, 11) is -3.26. The summed E-state index contributed by atoms with van der Waals surface area (Å²) in [4.78, 5) is 18.5. The molecule has 1 aromatic rings. The lowest BCUT2D eigenvalue weighted by Gasteiger charge is -2.12. The summed E-state index contributed by atoms with van der Waals surface area (Å²) in [6.07, 6.45) is 1.13. The SMILES string of the molecule is CC(C)c1nc(C(C)S(C)(=O)=O)[nH]c(=O)c1I. The van der Waals surface area contributed by atoms with Crippen molar-refractivity contribution in [3.8, 4) is 0 Å². The van der Waals surface area contributed by atoms with Crippen LogP contribution in [0.2, 0.25) is 0 Å². The zero-order valence-electron chi connectivity index (χ0n) is 10.1. The number of aromatic amines is 1. The normalized spacial score (nSPS) is 14.0. The van der Waals surface area contributed by atoms with Crippen LogP contribution in [0.5, 0.6) is 0 Å². The maximum atomic E-state index is 11.7. The van der Waals surface area contributed by atoms with Gasteiger partial charge in [-0.2, -0.15) is 0 Å². The number of aromatic nitrogens is 2. The predicted molar refractivity (Wildman–Crippen MR) is 74.9 cm³/mol. The molecule has 0 aliphatic carbocycles. The molecule has 1 atom stereocenters. The van der Waals surface area contributed by atoms with Crippen molar-refractivity contribution >= 4 is 32.4 Å². The second-order valence-electron chi connectivity index (χ2n) is 4.28. The first kappa shape index (κ1) is 14.6. The molecule has 0 saturated heterocycles. The lowest BCUT2D eigenvalue weighted by Crippen LogP contribution is -2.22. The van der Waals surface area contributed by atoms with Crippen molar-refractivity contribution in [2.75, 3.05) is 6.26 Å². The minimum absolute atomic E-state index is 0.0784. The number of sulfone groups is 1. The molecule has 0 aromatic carbocycles. The van der Waals surface area contributed by atoms with Gasteiger partial charge in [0, 0.05) is 6.26 Å². The van der Waals surface area contributed by atoms with Crippen LogP contribution in [0.25, 0.3) is 0 Å². The molecule has 0 spiro atoms. The number of nitrogens with one attached hydrogen (secondary N) is 1. The van der Waals surface area contributed by atoms with Crippen molar-refractivity contribution in [3.05, 3.63) is 25.4 Å². The van der Waals surface area contributed by atoms with E-state index >= 15 is 0 Å². The Balaban J connectivity index is 3.44. The molecule has 96 valence electrons. The molecule has 0 radical (unpaired) electrons. The standard InChI is InChI=1S/C10H15IN2O3S/c1-5(2)8-7(11)10(14)13-9(12-8)6(3)17(4,15)16/h5-6H,1-4H3,(H,12,13,14). The quantitative estimate of drug-likeness (QED) is 0.820. The van der Waals surface area contributed by atoms with E-state index in [0.717, 1.165) is 6.26 Å². The maximum Gasteiger partial charge on any atom is 0.264 e. The number of halogens is 1. The molecule has 1 rings (SSSR count). The molecule has 0 bridgehead atoms. The summed E-state index contributed by atoms with van der Waals surface area (Å²) in [5, 5.41) is -0.801. The van der Waals surface area contributed by atoms with Gasteiger partial charge in [-0.15, -0.1) is 0 Å². The molecule has 0 aliphatic rings. The third-order valence-electron chi connectivity index (χ3n) is 2.48. The Morgan fingerprint density at radius 2 is 1.82 bits per heavy atom. The highest BCUT2D eigenvalue weighted by molar-refractivity contribution is 14.1. The van der Waals surface area contributed by atoms with E-state index in [2.05, 4.69) is 9.97 Å². The predicted octanol–water partition coefficient (Wildman–Crippen LogP) is 1.60. The molecule has 0 saturated carbocycles. The van der Waals surface area contributed by atoms with Crippen molar-refractivity contribution in [2.24, 2.45) is 0 Å². The van der Waals surface area contributed by atoms with Crippen LogP contribution in [0.3, 0.4) is 0 Å². The smallest absolute Gasteiger partial charge is 0.264 e. The van der Waals surface area contributed by atoms with E-state index in [-0.39, 0.29) is 17.3 Å². The van der Waals surface area contributed by atoms with Crippen LogP contribution in [0, 0.1) is 3.57 Å². The molecule has 1 aromatic heterocycles. The first-order valence-corrected chi connectivity index (χ1v) is 8.16. The van der Waals surface area contributed by atoms with Crippen molar-refractivity contribution in [2.45, 2.75) is 31.9 Å². The molecule has 5 nitrogen and oxygen atoms in total. The molecule has 17 heavy (non-hydrogen) atoms. The summed E-state index contributed by atoms with van der Waals surface area (Å²) in [6, 6.07) is 0. The van der Waals surface area contributed by atoms with Gasteiger partial charge in [0.15, 0.2) is 9.84 Å². The Morgan fingerprint density at radius 3 is 2.24 bits per heavy atom. The topological polar surface area (TPSA) is 79.9 Å². The Labute approximate surface area is 114 Å². The van der Waals surface area contributed by atoms with Crippen molar-refractivity contribution in [1.82, 2.24) is 9.97 Å². The lowest BCUT2D eigenvalue weighted by molar-refractivity contribution is 0.588. The van der Waals surface area contributed by atoms with Gasteiger partial charge in [-0.05, 0) is 35.4 Å². The van der Waals surface area contributed by atoms with Crippen LogP contribution >= 0.6 is 22.6 Å². The molecular weight excluding hydrogens is 355 g/mol. The van der Waals surface area contributed by atoms with E-state index in [1.807, 2.05) is 36.4 Å². The Kier molecular flexibility index (Phi) is 4.34. The van der Waals surface area contributed by atoms with E-state index in [4.69, 9.17) is 0 Å². The lowest BCUT2D eigenvalue weighted by atomic mass is 10.1. The third kappa shape index (κ3) is 3.27. The molecule has 0 aliphatic heterocycles. The summed E-state index contributed by atoms with van der Waals surface area (Å²) in [6.45, 7) is 5.35. The van der Waals surface area contributed by atoms with Gasteiger partial charge in [0.2, 0.25) is 0 Å². The van der Waals surface area contributed by atoms with E-state index in [0.29, 0.717) is 9.26 Å². The van der Waals surface area contributed by atoms with Gasteiger partial charge in [0.05, 0.1) is 9.26 Å². The summed E-state index contributed by atoms with van der Waals surface area (Å²) in [5.74, 6) is 0.288. The van der Waals surface area contributed by atoms with Crippen LogP contribution < -0.4 is 5.56 Å². The monoisotopic (exact) mass is 370 g/mol. The Morgan fingerprint density at radius 1 is 1.29 bits per heavy atom. The van der Waals surface area contributed by atoms with Gasteiger partial charge in [-0.25, -0.2) is 13.4 Å². The molecular formula is C10H15IN2O3S. The van der Waals surface area contributed by atoms with E-state index < -0.39 is 15.1 Å². The molecule has 1 unspecified atom stereocenters. The van der Waals surface area contributed by atoms with Crippen LogP contribution in [0.15, 0.2) is 4.79 Å². The van der Waals surface area contributed by atoms with Crippen LogP contribution in [0.1, 0.15) is 43.5 Å². The van der Waals surface area contributed by atoms with Crippen LogP contribution in [-0.4, -0.2) is 24.6 Å². The molecule has 0 amide bonds. The minimum atomic E-state index is -3.26. The van der Waals surface area contributed by atoms with Crippen molar-refractivity contribution in [3.63, 3.8) is 0 Å². The second kappa shape index (κ2) is 5.05. The van der Waals surface area contributed by atoms with E-state index in [9.17, 15) is 13.2 Å². The van der Waals surface area contributed by atoms with Crippen LogP contribution in [-0.2, 0) is 9.84 Å².